The van der Waals surface area contributed by atoms with Crippen molar-refractivity contribution in [3.8, 4) is 17.6 Å². The normalized spacial score (nSPS) is 14.6. The Morgan fingerprint density at radius 3 is 2.18 bits per heavy atom. The number of para-hydroxylation sites is 1. The van der Waals surface area contributed by atoms with Crippen LogP contribution in [0.1, 0.15) is 40.2 Å². The van der Waals surface area contributed by atoms with Crippen LogP contribution in [0.2, 0.25) is 0 Å². The van der Waals surface area contributed by atoms with Crippen LogP contribution in [0.4, 0.5) is 0 Å². The molecule has 1 unspecified atom stereocenters. The van der Waals surface area contributed by atoms with E-state index >= 15 is 0 Å². The maximum Gasteiger partial charge on any atom is 0.204 e. The molecule has 1 aromatic carbocycles. The van der Waals surface area contributed by atoms with Gasteiger partial charge in [0.25, 0.3) is 0 Å². The van der Waals surface area contributed by atoms with Crippen LogP contribution in [0.5, 0.6) is 5.75 Å². The zero-order valence-electron chi connectivity index (χ0n) is 11.7. The van der Waals surface area contributed by atoms with Gasteiger partial charge in [0.1, 0.15) is 5.75 Å². The summed E-state index contributed by atoms with van der Waals surface area (Å²) >= 11 is 0. The van der Waals surface area contributed by atoms with E-state index in [9.17, 15) is 0 Å². The lowest BCUT2D eigenvalue weighted by atomic mass is 9.64. The number of hydrogen-bond donors (Lipinski definition) is 0. The van der Waals surface area contributed by atoms with Crippen molar-refractivity contribution in [3.63, 3.8) is 0 Å². The first-order chi connectivity index (χ1) is 7.86. The maximum atomic E-state index is 5.60. The molecule has 1 aromatic rings. The molecule has 0 saturated heterocycles. The Kier molecular flexibility index (Phi) is 4.06. The molecular formula is C15H22OSi. The average molecular weight is 246 g/mol. The molecule has 0 radical (unpaired) electrons. The summed E-state index contributed by atoms with van der Waals surface area (Å²) in [6.45, 7) is 10.8. The van der Waals surface area contributed by atoms with Crippen LogP contribution in [-0.2, 0) is 5.41 Å². The standard InChI is InChI=1S/C15H22OSi/c1-6-11-15(5,14(2,3)4)12-9-7-8-10-13(12)16-17/h7-10H,1-5,17H3. The van der Waals surface area contributed by atoms with Crippen LogP contribution in [0, 0.1) is 17.3 Å². The van der Waals surface area contributed by atoms with Crippen molar-refractivity contribution >= 4 is 10.5 Å². The van der Waals surface area contributed by atoms with Gasteiger partial charge in [0.2, 0.25) is 10.5 Å². The molecule has 92 valence electrons. The first kappa shape index (κ1) is 13.9. The summed E-state index contributed by atoms with van der Waals surface area (Å²) in [6, 6.07) is 8.23. The van der Waals surface area contributed by atoms with E-state index in [1.54, 1.807) is 0 Å². The van der Waals surface area contributed by atoms with E-state index in [2.05, 4.69) is 51.7 Å². The van der Waals surface area contributed by atoms with Gasteiger partial charge in [-0.3, -0.25) is 0 Å². The third-order valence-corrected chi connectivity index (χ3v) is 3.96. The van der Waals surface area contributed by atoms with Crippen LogP contribution in [0.3, 0.4) is 0 Å². The zero-order valence-corrected chi connectivity index (χ0v) is 13.7. The maximum absolute atomic E-state index is 5.60. The van der Waals surface area contributed by atoms with Crippen LogP contribution in [0.25, 0.3) is 0 Å². The van der Waals surface area contributed by atoms with Crippen molar-refractivity contribution in [2.24, 2.45) is 5.41 Å². The van der Waals surface area contributed by atoms with Crippen molar-refractivity contribution < 1.29 is 4.43 Å². The number of hydrogen-bond acceptors (Lipinski definition) is 1. The molecule has 0 spiro atoms. The summed E-state index contributed by atoms with van der Waals surface area (Å²) in [5.74, 6) is 7.42. The SMILES string of the molecule is CC#CC(C)(c1ccccc1O[SiH3])C(C)(C)C. The molecule has 2 heteroatoms. The van der Waals surface area contributed by atoms with Gasteiger partial charge in [0.15, 0.2) is 0 Å². The second-order valence-corrected chi connectivity index (χ2v) is 5.86. The van der Waals surface area contributed by atoms with Gasteiger partial charge in [-0.1, -0.05) is 44.9 Å². The van der Waals surface area contributed by atoms with E-state index in [1.807, 2.05) is 19.1 Å². The lowest BCUT2D eigenvalue weighted by molar-refractivity contribution is 0.266. The summed E-state index contributed by atoms with van der Waals surface area (Å²) in [5.41, 5.74) is 1.06. The van der Waals surface area contributed by atoms with E-state index in [0.29, 0.717) is 10.5 Å². The summed E-state index contributed by atoms with van der Waals surface area (Å²) in [4.78, 5) is 0. The van der Waals surface area contributed by atoms with Gasteiger partial charge < -0.3 is 4.43 Å². The molecule has 0 saturated carbocycles. The van der Waals surface area contributed by atoms with Crippen molar-refractivity contribution in [2.45, 2.75) is 40.0 Å². The smallest absolute Gasteiger partial charge is 0.204 e. The quantitative estimate of drug-likeness (QED) is 0.576. The molecule has 0 heterocycles. The monoisotopic (exact) mass is 246 g/mol. The van der Waals surface area contributed by atoms with Crippen molar-refractivity contribution in [1.82, 2.24) is 0 Å². The van der Waals surface area contributed by atoms with Crippen LogP contribution in [-0.4, -0.2) is 10.5 Å². The molecule has 0 amide bonds. The van der Waals surface area contributed by atoms with Crippen molar-refractivity contribution in [2.75, 3.05) is 0 Å². The van der Waals surface area contributed by atoms with Gasteiger partial charge in [-0.15, -0.1) is 5.92 Å². The van der Waals surface area contributed by atoms with Crippen LogP contribution in [0.15, 0.2) is 24.3 Å². The molecule has 0 aliphatic heterocycles. The first-order valence-electron chi connectivity index (χ1n) is 5.94. The molecule has 0 bridgehead atoms. The van der Waals surface area contributed by atoms with E-state index in [4.69, 9.17) is 4.43 Å². The molecule has 0 N–H and O–H groups in total. The minimum atomic E-state index is -0.192. The van der Waals surface area contributed by atoms with Gasteiger partial charge in [-0.05, 0) is 25.3 Å². The number of benzene rings is 1. The average Bonchev–Trinajstić information content (AvgIpc) is 2.27. The van der Waals surface area contributed by atoms with Gasteiger partial charge in [0, 0.05) is 5.56 Å². The largest absolute Gasteiger partial charge is 0.553 e. The van der Waals surface area contributed by atoms with Gasteiger partial charge in [-0.2, -0.15) is 0 Å². The molecule has 1 rings (SSSR count). The Bertz CT molecular complexity index is 448. The molecule has 1 nitrogen and oxygen atoms in total. The third-order valence-electron chi connectivity index (χ3n) is 3.52. The lowest BCUT2D eigenvalue weighted by Crippen LogP contribution is -2.36. The van der Waals surface area contributed by atoms with Gasteiger partial charge in [-0.25, -0.2) is 0 Å². The Hall–Kier alpha value is -1.20. The molecular weight excluding hydrogens is 224 g/mol. The fourth-order valence-electron chi connectivity index (χ4n) is 1.97. The van der Waals surface area contributed by atoms with Gasteiger partial charge in [0.05, 0.1) is 5.41 Å². The first-order valence-corrected chi connectivity index (χ1v) is 6.76. The van der Waals surface area contributed by atoms with Crippen LogP contribution >= 0.6 is 0 Å². The highest BCUT2D eigenvalue weighted by Gasteiger charge is 2.39. The lowest BCUT2D eigenvalue weighted by Gasteiger charge is -2.39. The molecule has 1 atom stereocenters. The highest BCUT2D eigenvalue weighted by molar-refractivity contribution is 6.00. The summed E-state index contributed by atoms with van der Waals surface area (Å²) in [6.07, 6.45) is 0. The second kappa shape index (κ2) is 4.97. The molecule has 0 aliphatic rings. The Balaban J connectivity index is 3.47. The Morgan fingerprint density at radius 1 is 1.12 bits per heavy atom. The minimum absolute atomic E-state index is 0.0617. The van der Waals surface area contributed by atoms with E-state index < -0.39 is 0 Å². The molecule has 0 aromatic heterocycles. The van der Waals surface area contributed by atoms with E-state index in [0.717, 1.165) is 5.75 Å². The summed E-state index contributed by atoms with van der Waals surface area (Å²) in [7, 11) is 0.702. The third kappa shape index (κ3) is 2.55. The fourth-order valence-corrected chi connectivity index (χ4v) is 2.32. The van der Waals surface area contributed by atoms with Crippen molar-refractivity contribution in [1.29, 1.82) is 0 Å². The zero-order chi connectivity index (χ0) is 13.1. The van der Waals surface area contributed by atoms with E-state index in [1.165, 1.54) is 5.56 Å². The highest BCUT2D eigenvalue weighted by Crippen LogP contribution is 2.44. The van der Waals surface area contributed by atoms with Crippen LogP contribution < -0.4 is 4.43 Å². The highest BCUT2D eigenvalue weighted by atomic mass is 28.2. The summed E-state index contributed by atoms with van der Waals surface area (Å²) < 4.78 is 5.60. The van der Waals surface area contributed by atoms with E-state index in [-0.39, 0.29) is 10.8 Å². The minimum Gasteiger partial charge on any atom is -0.553 e. The second-order valence-electron chi connectivity index (χ2n) is 5.45. The Labute approximate surface area is 108 Å². The summed E-state index contributed by atoms with van der Waals surface area (Å²) in [5, 5.41) is 0. The molecule has 0 aliphatic carbocycles. The van der Waals surface area contributed by atoms with Crippen molar-refractivity contribution in [3.05, 3.63) is 29.8 Å². The predicted octanol–water partition coefficient (Wildman–Crippen LogP) is 2.67. The predicted molar refractivity (Wildman–Crippen MR) is 77.3 cm³/mol. The molecule has 0 fully saturated rings. The van der Waals surface area contributed by atoms with Gasteiger partial charge >= 0.3 is 0 Å². The Morgan fingerprint density at radius 2 is 1.71 bits per heavy atom. The fraction of sp³-hybridized carbons (Fsp3) is 0.467. The topological polar surface area (TPSA) is 9.23 Å². The number of rotatable bonds is 2. The molecule has 17 heavy (non-hydrogen) atoms.